The predicted molar refractivity (Wildman–Crippen MR) is 279 cm³/mol. The lowest BCUT2D eigenvalue weighted by Crippen LogP contribution is -2.51. The van der Waals surface area contributed by atoms with Crippen molar-refractivity contribution < 1.29 is 60.2 Å². The maximum absolute atomic E-state index is 16.6. The van der Waals surface area contributed by atoms with Gasteiger partial charge in [0, 0.05) is 12.2 Å². The monoisotopic (exact) mass is 1110 g/mol. The molecule has 3 aliphatic rings. The Morgan fingerprint density at radius 2 is 1.52 bits per heavy atom. The first-order chi connectivity index (χ1) is 35.4. The number of nitrogens with zero attached hydrogens (tertiary/aromatic N) is 8. The van der Waals surface area contributed by atoms with Crippen LogP contribution in [0.4, 0.5) is 5.82 Å². The summed E-state index contributed by atoms with van der Waals surface area (Å²) in [6, 6.07) is 10.6. The van der Waals surface area contributed by atoms with Gasteiger partial charge in [-0.2, -0.15) is 5.26 Å². The SMILES string of the molecule is CC(C)(C)[Si](C)(C)O[C@@H]1C(COP(=O)(OCCC#N)[C@H]2C(n3cnc4c(NC(=O)c5ccccc5)ncnc43)OC(CO[PH](=O)O)[C@H]2O[Si](C)(C)C(C)(C)C)OC(n2cnc3c(=O)[nH]cnc32)[C@@H]1OC1CCCCO1. The molecule has 0 saturated carbocycles. The highest BCUT2D eigenvalue weighted by atomic mass is 31.2. The van der Waals surface area contributed by atoms with Gasteiger partial charge in [-0.15, -0.1) is 0 Å². The maximum atomic E-state index is 16.6. The number of nitriles is 1. The molecule has 0 radical (unpaired) electrons. The van der Waals surface area contributed by atoms with E-state index < -0.39 is 117 Å². The van der Waals surface area contributed by atoms with Crippen molar-refractivity contribution in [3.05, 3.63) is 71.6 Å². The second-order valence-electron chi connectivity index (χ2n) is 21.8. The van der Waals surface area contributed by atoms with Crippen LogP contribution in [0.15, 0.2) is 60.4 Å². The van der Waals surface area contributed by atoms with Crippen molar-refractivity contribution >= 4 is 66.5 Å². The van der Waals surface area contributed by atoms with Crippen LogP contribution in [0.2, 0.25) is 36.3 Å². The van der Waals surface area contributed by atoms with Crippen molar-refractivity contribution in [2.75, 3.05) is 31.7 Å². The van der Waals surface area contributed by atoms with Gasteiger partial charge in [-0.05, 0) is 67.7 Å². The Labute approximate surface area is 437 Å². The summed E-state index contributed by atoms with van der Waals surface area (Å²) in [4.78, 5) is 61.4. The van der Waals surface area contributed by atoms with Gasteiger partial charge < -0.3 is 56.6 Å². The van der Waals surface area contributed by atoms with Crippen molar-refractivity contribution in [2.45, 2.75) is 158 Å². The fourth-order valence-electron chi connectivity index (χ4n) is 8.65. The standard InChI is InChI=1S/C47H68N10O14P2Si2/c1-46(2,3)74(7,8)70-35-31(67-44(37(35)69-32-19-14-15-21-63-32)56-28-54-34-41(56)51-26-52-43(34)59)24-66-73(62,65-22-16-20-48)38-36(71-75(9,10)47(4,5)6)30(23-64-72(60)61)68-45(38)57-27-53-33-39(49-25-50-40(33)57)55-42(58)29-17-12-11-13-18-29/h11-13,17-18,25-28,30-32,35-38,44-45,72H,14-16,19,21-24H2,1-10H3,(H,60,61)(H,51,52,59)(H,49,50,55,58)/t30?,31?,32?,35-,36-,37-,38-,44?,45?,73?/m1/s1. The summed E-state index contributed by atoms with van der Waals surface area (Å²) in [5, 5.41) is 11.9. The molecule has 0 aliphatic carbocycles. The average molecular weight is 1120 g/mol. The molecule has 8 rings (SSSR count). The zero-order chi connectivity index (χ0) is 54.1. The highest BCUT2D eigenvalue weighted by molar-refractivity contribution is 7.54. The lowest BCUT2D eigenvalue weighted by Gasteiger charge is -2.42. The van der Waals surface area contributed by atoms with Crippen molar-refractivity contribution in [1.29, 1.82) is 5.26 Å². The Hall–Kier alpha value is -4.43. The second kappa shape index (κ2) is 22.9. The van der Waals surface area contributed by atoms with Crippen LogP contribution in [-0.2, 0) is 50.5 Å². The molecule has 7 unspecified atom stereocenters. The molecule has 408 valence electrons. The minimum atomic E-state index is -4.76. The molecule has 3 aliphatic heterocycles. The van der Waals surface area contributed by atoms with E-state index in [1.807, 2.05) is 33.9 Å². The summed E-state index contributed by atoms with van der Waals surface area (Å²) in [7, 11) is -14.0. The fourth-order valence-corrected chi connectivity index (χ4v) is 14.0. The highest BCUT2D eigenvalue weighted by Crippen LogP contribution is 2.63. The molecule has 7 heterocycles. The third-order valence-electron chi connectivity index (χ3n) is 14.7. The molecule has 28 heteroatoms. The number of nitrogens with one attached hydrogen (secondary N) is 2. The van der Waals surface area contributed by atoms with Crippen LogP contribution in [0.3, 0.4) is 0 Å². The maximum Gasteiger partial charge on any atom is 0.341 e. The molecule has 3 fully saturated rings. The number of hydrogen-bond donors (Lipinski definition) is 3. The molecule has 11 atom stereocenters. The van der Waals surface area contributed by atoms with Crippen LogP contribution in [-0.4, -0.2) is 135 Å². The highest BCUT2D eigenvalue weighted by Gasteiger charge is 2.61. The van der Waals surface area contributed by atoms with Crippen LogP contribution >= 0.6 is 15.9 Å². The van der Waals surface area contributed by atoms with E-state index in [1.165, 1.54) is 29.9 Å². The Balaban J connectivity index is 1.25. The first-order valence-electron chi connectivity index (χ1n) is 24.9. The second-order valence-corrected chi connectivity index (χ2v) is 34.3. The van der Waals surface area contributed by atoms with E-state index in [0.717, 1.165) is 12.8 Å². The van der Waals surface area contributed by atoms with E-state index in [0.29, 0.717) is 18.6 Å². The topological polar surface area (TPSA) is 298 Å². The van der Waals surface area contributed by atoms with Crippen molar-refractivity contribution in [1.82, 2.24) is 39.0 Å². The molecular weight excluding hydrogens is 1050 g/mol. The Morgan fingerprint density at radius 1 is 0.880 bits per heavy atom. The van der Waals surface area contributed by atoms with E-state index >= 15 is 4.57 Å². The van der Waals surface area contributed by atoms with E-state index in [4.69, 9.17) is 41.4 Å². The Morgan fingerprint density at radius 3 is 2.17 bits per heavy atom. The number of H-pyrrole nitrogens is 1. The third kappa shape index (κ3) is 12.3. The number of ether oxygens (including phenoxy) is 4. The largest absolute Gasteiger partial charge is 0.410 e. The van der Waals surface area contributed by atoms with Crippen LogP contribution in [0, 0.1) is 11.3 Å². The first-order valence-corrected chi connectivity index (χ1v) is 33.6. The molecule has 0 bridgehead atoms. The smallest absolute Gasteiger partial charge is 0.341 e. The van der Waals surface area contributed by atoms with Gasteiger partial charge in [-0.25, -0.2) is 24.9 Å². The van der Waals surface area contributed by atoms with E-state index in [-0.39, 0.29) is 46.2 Å². The summed E-state index contributed by atoms with van der Waals surface area (Å²) >= 11 is 0. The third-order valence-corrected chi connectivity index (χ3v) is 26.4. The minimum Gasteiger partial charge on any atom is -0.410 e. The number of amides is 1. The van der Waals surface area contributed by atoms with Crippen LogP contribution in [0.25, 0.3) is 22.3 Å². The van der Waals surface area contributed by atoms with E-state index in [2.05, 4.69) is 75.2 Å². The number of carbonyl (C=O) groups is 1. The molecule has 0 spiro atoms. The van der Waals surface area contributed by atoms with Crippen LogP contribution in [0.5, 0.6) is 0 Å². The summed E-state index contributed by atoms with van der Waals surface area (Å²) in [5.74, 6) is -0.387. The first kappa shape index (κ1) is 56.8. The van der Waals surface area contributed by atoms with Crippen molar-refractivity contribution in [2.24, 2.45) is 0 Å². The molecular formula is C47H68N10O14P2Si2. The number of aromatic amines is 1. The molecule has 1 aromatic carbocycles. The van der Waals surface area contributed by atoms with Gasteiger partial charge in [-0.3, -0.25) is 27.9 Å². The zero-order valence-electron chi connectivity index (χ0n) is 43.8. The lowest BCUT2D eigenvalue weighted by molar-refractivity contribution is -0.214. The van der Waals surface area contributed by atoms with Crippen molar-refractivity contribution in [3.63, 3.8) is 0 Å². The van der Waals surface area contributed by atoms with Crippen LogP contribution < -0.4 is 10.9 Å². The van der Waals surface area contributed by atoms with Gasteiger partial charge in [0.05, 0.1) is 57.4 Å². The number of aromatic nitrogens is 8. The fraction of sp³-hybridized carbons (Fsp3) is 0.617. The minimum absolute atomic E-state index is 0.0683. The zero-order valence-corrected chi connectivity index (χ0v) is 47.7. The summed E-state index contributed by atoms with van der Waals surface area (Å²) in [6.45, 7) is 19.7. The normalized spacial score (nSPS) is 26.1. The number of fused-ring (bicyclic) bond motifs is 2. The van der Waals surface area contributed by atoms with Gasteiger partial charge in [0.25, 0.3) is 11.5 Å². The molecule has 3 saturated heterocycles. The quantitative estimate of drug-likeness (QED) is 0.0384. The lowest BCUT2D eigenvalue weighted by atomic mass is 10.1. The number of anilines is 1. The van der Waals surface area contributed by atoms with Gasteiger partial charge in [0.15, 0.2) is 63.5 Å². The predicted octanol–water partition coefficient (Wildman–Crippen LogP) is 7.61. The molecule has 75 heavy (non-hydrogen) atoms. The Bertz CT molecular complexity index is 2970. The number of rotatable bonds is 20. The number of benzene rings is 1. The molecule has 4 aromatic heterocycles. The number of carbonyl (C=O) groups excluding carboxylic acids is 1. The number of imidazole rings is 2. The summed E-state index contributed by atoms with van der Waals surface area (Å²) in [6.07, 6.45) is -0.947. The van der Waals surface area contributed by atoms with Crippen LogP contribution in [0.1, 0.15) is 90.0 Å². The average Bonchev–Trinajstić information content (AvgIpc) is 4.14. The molecule has 24 nitrogen and oxygen atoms in total. The van der Waals surface area contributed by atoms with E-state index in [9.17, 15) is 24.3 Å². The van der Waals surface area contributed by atoms with Gasteiger partial charge >= 0.3 is 15.9 Å². The van der Waals surface area contributed by atoms with Gasteiger partial charge in [0.2, 0.25) is 0 Å². The van der Waals surface area contributed by atoms with Gasteiger partial charge in [-0.1, -0.05) is 59.7 Å². The van der Waals surface area contributed by atoms with Gasteiger partial charge in [0.1, 0.15) is 36.4 Å². The summed E-state index contributed by atoms with van der Waals surface area (Å²) in [5.41, 5.74) is -0.939. The molecule has 1 amide bonds. The molecule has 3 N–H and O–H groups in total. The number of hydrogen-bond acceptors (Lipinski definition) is 19. The summed E-state index contributed by atoms with van der Waals surface area (Å²) < 4.78 is 91.7. The Kier molecular flexibility index (Phi) is 17.3. The van der Waals surface area contributed by atoms with E-state index in [1.54, 1.807) is 34.9 Å². The van der Waals surface area contributed by atoms with Crippen molar-refractivity contribution in [3.8, 4) is 6.07 Å². The molecule has 5 aromatic rings.